The predicted octanol–water partition coefficient (Wildman–Crippen LogP) is 5.44. The lowest BCUT2D eigenvalue weighted by atomic mass is 9.94. The minimum absolute atomic E-state index is 0.159. The highest BCUT2D eigenvalue weighted by Crippen LogP contribution is 2.33. The number of hydrogen-bond donors (Lipinski definition) is 1. The molecule has 9 nitrogen and oxygen atoms in total. The Balaban J connectivity index is 1.41. The highest BCUT2D eigenvalue weighted by molar-refractivity contribution is 7.98. The van der Waals surface area contributed by atoms with Crippen LogP contribution >= 0.6 is 23.1 Å². The first kappa shape index (κ1) is 32.8. The Hall–Kier alpha value is -3.58. The molecule has 4 aromatic rings. The summed E-state index contributed by atoms with van der Waals surface area (Å²) in [6.07, 6.45) is 10.4. The molecule has 12 heteroatoms. The molecule has 1 unspecified atom stereocenters. The fourth-order valence-corrected chi connectivity index (χ4v) is 6.41. The van der Waals surface area contributed by atoms with Crippen LogP contribution in [0.25, 0.3) is 11.1 Å². The lowest BCUT2D eigenvalue weighted by Crippen LogP contribution is -2.45. The highest BCUT2D eigenvalue weighted by atomic mass is 32.2. The normalized spacial score (nSPS) is 15.4. The number of amides is 1. The van der Waals surface area contributed by atoms with E-state index in [1.807, 2.05) is 34.5 Å². The fourth-order valence-electron chi connectivity index (χ4n) is 5.23. The number of halogens is 1. The van der Waals surface area contributed by atoms with Crippen molar-refractivity contribution in [3.8, 4) is 11.1 Å². The Bertz CT molecular complexity index is 1510. The number of aromatic nitrogens is 3. The molecule has 0 radical (unpaired) electrons. The van der Waals surface area contributed by atoms with Gasteiger partial charge in [0.1, 0.15) is 29.1 Å². The number of thioether (sulfide) groups is 1. The number of esters is 1. The number of piperidine rings is 1. The number of benzene rings is 2. The van der Waals surface area contributed by atoms with Gasteiger partial charge in [-0.1, -0.05) is 18.2 Å². The van der Waals surface area contributed by atoms with Crippen molar-refractivity contribution in [3.63, 3.8) is 0 Å². The maximum absolute atomic E-state index is 13.9. The van der Waals surface area contributed by atoms with Gasteiger partial charge in [-0.05, 0) is 79.3 Å². The second kappa shape index (κ2) is 16.1. The maximum Gasteiger partial charge on any atom is 0.328 e. The predicted molar refractivity (Wildman–Crippen MR) is 175 cm³/mol. The number of hydrogen-bond acceptors (Lipinski definition) is 9. The molecule has 1 fully saturated rings. The lowest BCUT2D eigenvalue weighted by Gasteiger charge is -2.30. The molecule has 2 atom stereocenters. The van der Waals surface area contributed by atoms with Gasteiger partial charge in [-0.3, -0.25) is 4.79 Å². The molecule has 238 valence electrons. The van der Waals surface area contributed by atoms with Crippen LogP contribution in [0.15, 0.2) is 72.8 Å². The van der Waals surface area contributed by atoms with Crippen LogP contribution in [0.4, 0.5) is 4.39 Å². The van der Waals surface area contributed by atoms with E-state index in [1.165, 1.54) is 23.5 Å². The third kappa shape index (κ3) is 9.00. The van der Waals surface area contributed by atoms with Gasteiger partial charge in [0.05, 0.1) is 12.9 Å². The number of likely N-dealkylation sites (tertiary alicyclic amines) is 1. The summed E-state index contributed by atoms with van der Waals surface area (Å²) >= 11 is 3.08. The number of rotatable bonds is 14. The average molecular weight is 652 g/mol. The molecule has 2 aromatic heterocycles. The Labute approximate surface area is 271 Å². The Morgan fingerprint density at radius 3 is 2.64 bits per heavy atom. The van der Waals surface area contributed by atoms with Gasteiger partial charge in [0.25, 0.3) is 5.91 Å². The molecule has 45 heavy (non-hydrogen) atoms. The van der Waals surface area contributed by atoms with Crippen LogP contribution in [0.5, 0.6) is 0 Å². The molecule has 0 spiro atoms. The number of carbonyl (C=O) groups excluding carboxylic acids is 2. The van der Waals surface area contributed by atoms with E-state index in [4.69, 9.17) is 9.47 Å². The van der Waals surface area contributed by atoms with E-state index >= 15 is 0 Å². The van der Waals surface area contributed by atoms with Crippen molar-refractivity contribution in [3.05, 3.63) is 94.7 Å². The average Bonchev–Trinajstić information content (AvgIpc) is 3.78. The summed E-state index contributed by atoms with van der Waals surface area (Å²) < 4.78 is 28.1. The summed E-state index contributed by atoms with van der Waals surface area (Å²) in [5, 5.41) is 5.62. The molecule has 0 saturated carbocycles. The Kier molecular flexibility index (Phi) is 11.8. The first-order valence-corrected chi connectivity index (χ1v) is 17.2. The topological polar surface area (TPSA) is 98.6 Å². The summed E-state index contributed by atoms with van der Waals surface area (Å²) in [5.41, 5.74) is 2.42. The van der Waals surface area contributed by atoms with Gasteiger partial charge in [-0.25, -0.2) is 19.2 Å². The highest BCUT2D eigenvalue weighted by Gasteiger charge is 2.29. The van der Waals surface area contributed by atoms with E-state index in [9.17, 15) is 14.0 Å². The number of ether oxygens (including phenoxy) is 2. The third-order valence-corrected chi connectivity index (χ3v) is 9.23. The Morgan fingerprint density at radius 1 is 1.16 bits per heavy atom. The van der Waals surface area contributed by atoms with Crippen LogP contribution in [0.3, 0.4) is 0 Å². The van der Waals surface area contributed by atoms with Crippen LogP contribution in [-0.2, 0) is 20.8 Å². The van der Waals surface area contributed by atoms with E-state index in [-0.39, 0.29) is 11.9 Å². The number of imidazole rings is 1. The molecule has 0 aliphatic carbocycles. The molecule has 1 amide bonds. The molecular formula is C33H38FN5O4S2. The zero-order valence-corrected chi connectivity index (χ0v) is 27.1. The van der Waals surface area contributed by atoms with Crippen molar-refractivity contribution in [2.24, 2.45) is 0 Å². The maximum atomic E-state index is 13.9. The summed E-state index contributed by atoms with van der Waals surface area (Å²) in [4.78, 5) is 38.0. The molecule has 0 bridgehead atoms. The molecule has 1 N–H and O–H groups in total. The van der Waals surface area contributed by atoms with Crippen molar-refractivity contribution in [1.82, 2.24) is 24.8 Å². The van der Waals surface area contributed by atoms with Gasteiger partial charge in [0, 0.05) is 49.2 Å². The smallest absolute Gasteiger partial charge is 0.328 e. The minimum atomic E-state index is -0.792. The van der Waals surface area contributed by atoms with Gasteiger partial charge in [0.2, 0.25) is 0 Å². The number of carbonyl (C=O) groups is 2. The second-order valence-corrected chi connectivity index (χ2v) is 12.9. The van der Waals surface area contributed by atoms with Crippen LogP contribution in [-0.4, -0.2) is 82.2 Å². The number of thiazole rings is 1. The van der Waals surface area contributed by atoms with Crippen LogP contribution in [0, 0.1) is 5.82 Å². The van der Waals surface area contributed by atoms with Gasteiger partial charge >= 0.3 is 5.97 Å². The standard InChI is InChI=1S/C33H38FN5O4S2/c1-38-14-9-26(10-15-38)43-33(41)29(11-19-44-2)37-31(40)27-8-5-24(21-28(27)23-3-6-25(34)7-4-23)30(32-36-13-20-45-32)42-18-17-39-16-12-35-22-39/h3-8,12-13,16,20-22,26,29-30H,9-11,14-15,17-19H2,1-2H3,(H,37,40)/t29-,30?/m0/s1. The van der Waals surface area contributed by atoms with E-state index in [2.05, 4.69) is 27.2 Å². The van der Waals surface area contributed by atoms with E-state index < -0.39 is 24.0 Å². The molecule has 1 aliphatic rings. The fraction of sp³-hybridized carbons (Fsp3) is 0.394. The van der Waals surface area contributed by atoms with Crippen molar-refractivity contribution in [2.75, 3.05) is 38.8 Å². The zero-order chi connectivity index (χ0) is 31.6. The molecule has 1 aliphatic heterocycles. The third-order valence-electron chi connectivity index (χ3n) is 7.76. The first-order chi connectivity index (χ1) is 21.9. The summed E-state index contributed by atoms with van der Waals surface area (Å²) in [6, 6.07) is 10.7. The van der Waals surface area contributed by atoms with Crippen molar-refractivity contribution < 1.29 is 23.5 Å². The molecule has 1 saturated heterocycles. The summed E-state index contributed by atoms with van der Waals surface area (Å²) in [7, 11) is 2.05. The quantitative estimate of drug-likeness (QED) is 0.180. The van der Waals surface area contributed by atoms with E-state index in [0.717, 1.165) is 36.5 Å². The van der Waals surface area contributed by atoms with E-state index in [1.54, 1.807) is 48.7 Å². The van der Waals surface area contributed by atoms with Gasteiger partial charge in [-0.15, -0.1) is 11.3 Å². The first-order valence-electron chi connectivity index (χ1n) is 15.0. The number of nitrogens with one attached hydrogen (secondary N) is 1. The van der Waals surface area contributed by atoms with Crippen molar-refractivity contribution in [2.45, 2.75) is 44.1 Å². The van der Waals surface area contributed by atoms with Crippen LogP contribution < -0.4 is 5.32 Å². The SMILES string of the molecule is CSCC[C@H](NC(=O)c1ccc(C(OCCn2ccnc2)c2nccs2)cc1-c1ccc(F)cc1)C(=O)OC1CCN(C)CC1. The molecule has 2 aromatic carbocycles. The van der Waals surface area contributed by atoms with Crippen LogP contribution in [0.2, 0.25) is 0 Å². The molecule has 5 rings (SSSR count). The summed E-state index contributed by atoms with van der Waals surface area (Å²) in [5.74, 6) is -0.511. The molecular weight excluding hydrogens is 614 g/mol. The Morgan fingerprint density at radius 2 is 1.96 bits per heavy atom. The monoisotopic (exact) mass is 651 g/mol. The largest absolute Gasteiger partial charge is 0.461 e. The van der Waals surface area contributed by atoms with Gasteiger partial charge in [-0.2, -0.15) is 11.8 Å². The van der Waals surface area contributed by atoms with E-state index in [0.29, 0.717) is 42.0 Å². The molecule has 3 heterocycles. The minimum Gasteiger partial charge on any atom is -0.461 e. The van der Waals surface area contributed by atoms with Gasteiger partial charge < -0.3 is 24.3 Å². The van der Waals surface area contributed by atoms with Crippen LogP contribution in [0.1, 0.15) is 46.3 Å². The zero-order valence-electron chi connectivity index (χ0n) is 25.4. The van der Waals surface area contributed by atoms with Gasteiger partial charge in [0.15, 0.2) is 0 Å². The lowest BCUT2D eigenvalue weighted by molar-refractivity contribution is -0.153. The van der Waals surface area contributed by atoms with Crippen molar-refractivity contribution >= 4 is 35.0 Å². The summed E-state index contributed by atoms with van der Waals surface area (Å²) in [6.45, 7) is 2.74. The van der Waals surface area contributed by atoms with Crippen molar-refractivity contribution in [1.29, 1.82) is 0 Å². The number of nitrogens with zero attached hydrogens (tertiary/aromatic N) is 4. The second-order valence-electron chi connectivity index (χ2n) is 11.0.